The van der Waals surface area contributed by atoms with Crippen LogP contribution in [0, 0.1) is 11.6 Å². The van der Waals surface area contributed by atoms with Gasteiger partial charge in [0.15, 0.2) is 0 Å². The summed E-state index contributed by atoms with van der Waals surface area (Å²) in [6.45, 7) is 0. The maximum atomic E-state index is 14.1. The van der Waals surface area contributed by atoms with Gasteiger partial charge in [-0.15, -0.1) is 0 Å². The van der Waals surface area contributed by atoms with E-state index in [0.29, 0.717) is 12.8 Å². The Morgan fingerprint density at radius 1 is 1.30 bits per heavy atom. The standard InChI is InChI=1S/C14H12F2N2O4S/c15-12-5-11(13(16)3-8(12)4-14(19)20)9-6-17-18(7-9)23(21,22)10-1-2-10/h3,5-7,10H,1-2,4H2,(H,19,20). The molecule has 0 aliphatic heterocycles. The quantitative estimate of drug-likeness (QED) is 0.895. The van der Waals surface area contributed by atoms with E-state index < -0.39 is 39.3 Å². The molecule has 1 saturated carbocycles. The Morgan fingerprint density at radius 3 is 2.61 bits per heavy atom. The molecule has 6 nitrogen and oxygen atoms in total. The molecule has 1 N–H and O–H groups in total. The average Bonchev–Trinajstić information content (AvgIpc) is 3.20. The normalized spacial score (nSPS) is 14.9. The summed E-state index contributed by atoms with van der Waals surface area (Å²) in [7, 11) is -3.59. The van der Waals surface area contributed by atoms with Gasteiger partial charge in [-0.1, -0.05) is 0 Å². The molecule has 1 aromatic heterocycles. The predicted octanol–water partition coefficient (Wildman–Crippen LogP) is 1.80. The number of aromatic nitrogens is 2. The number of carboxylic acid groups (broad SMARTS) is 1. The summed E-state index contributed by atoms with van der Waals surface area (Å²) in [4.78, 5) is 10.6. The summed E-state index contributed by atoms with van der Waals surface area (Å²) in [6, 6.07) is 1.64. The van der Waals surface area contributed by atoms with Crippen LogP contribution in [0.4, 0.5) is 8.78 Å². The van der Waals surface area contributed by atoms with Crippen molar-refractivity contribution in [2.45, 2.75) is 24.5 Å². The van der Waals surface area contributed by atoms with Crippen LogP contribution in [0.25, 0.3) is 11.1 Å². The zero-order valence-corrected chi connectivity index (χ0v) is 12.6. The molecular weight excluding hydrogens is 330 g/mol. The minimum atomic E-state index is -3.59. The van der Waals surface area contributed by atoms with Crippen LogP contribution in [0.15, 0.2) is 24.5 Å². The first kappa shape index (κ1) is 15.6. The van der Waals surface area contributed by atoms with Gasteiger partial charge < -0.3 is 5.11 Å². The fraction of sp³-hybridized carbons (Fsp3) is 0.286. The van der Waals surface area contributed by atoms with Crippen molar-refractivity contribution in [3.05, 3.63) is 41.7 Å². The number of halogens is 2. The van der Waals surface area contributed by atoms with Gasteiger partial charge in [-0.25, -0.2) is 17.2 Å². The third-order valence-corrected chi connectivity index (χ3v) is 5.59. The first-order valence-electron chi connectivity index (χ1n) is 6.78. The third-order valence-electron chi connectivity index (χ3n) is 3.56. The van der Waals surface area contributed by atoms with E-state index in [4.69, 9.17) is 5.11 Å². The molecule has 1 aliphatic rings. The Hall–Kier alpha value is -2.29. The van der Waals surface area contributed by atoms with E-state index >= 15 is 0 Å². The van der Waals surface area contributed by atoms with E-state index in [0.717, 1.165) is 28.6 Å². The van der Waals surface area contributed by atoms with Crippen molar-refractivity contribution in [1.82, 2.24) is 9.19 Å². The van der Waals surface area contributed by atoms with Crippen molar-refractivity contribution in [2.24, 2.45) is 0 Å². The van der Waals surface area contributed by atoms with Gasteiger partial charge in [-0.3, -0.25) is 4.79 Å². The van der Waals surface area contributed by atoms with E-state index in [1.54, 1.807) is 0 Å². The van der Waals surface area contributed by atoms with Gasteiger partial charge in [-0.05, 0) is 25.0 Å². The fourth-order valence-electron chi connectivity index (χ4n) is 2.21. The molecule has 0 atom stereocenters. The Kier molecular flexibility index (Phi) is 3.67. The first-order valence-corrected chi connectivity index (χ1v) is 8.28. The molecule has 2 aromatic rings. The van der Waals surface area contributed by atoms with Gasteiger partial charge in [0.2, 0.25) is 0 Å². The van der Waals surface area contributed by atoms with Crippen molar-refractivity contribution >= 4 is 16.0 Å². The molecule has 0 amide bonds. The molecule has 1 aliphatic carbocycles. The van der Waals surface area contributed by atoms with Gasteiger partial charge in [-0.2, -0.15) is 9.19 Å². The molecule has 0 spiro atoms. The van der Waals surface area contributed by atoms with Crippen molar-refractivity contribution in [2.75, 3.05) is 0 Å². The number of rotatable bonds is 5. The molecule has 0 saturated heterocycles. The highest BCUT2D eigenvalue weighted by molar-refractivity contribution is 7.90. The lowest BCUT2D eigenvalue weighted by atomic mass is 10.0. The van der Waals surface area contributed by atoms with Crippen LogP contribution >= 0.6 is 0 Å². The van der Waals surface area contributed by atoms with Gasteiger partial charge >= 0.3 is 5.97 Å². The van der Waals surface area contributed by atoms with Gasteiger partial charge in [0, 0.05) is 16.7 Å². The Balaban J connectivity index is 1.98. The van der Waals surface area contributed by atoms with E-state index in [1.807, 2.05) is 0 Å². The monoisotopic (exact) mass is 342 g/mol. The van der Waals surface area contributed by atoms with Crippen LogP contribution in [-0.4, -0.2) is 33.9 Å². The van der Waals surface area contributed by atoms with Crippen molar-refractivity contribution in [3.8, 4) is 11.1 Å². The number of carbonyl (C=O) groups is 1. The molecule has 0 unspecified atom stereocenters. The molecule has 1 heterocycles. The minimum Gasteiger partial charge on any atom is -0.481 e. The van der Waals surface area contributed by atoms with Crippen LogP contribution < -0.4 is 0 Å². The maximum absolute atomic E-state index is 14.1. The molecule has 1 fully saturated rings. The average molecular weight is 342 g/mol. The van der Waals surface area contributed by atoms with Crippen molar-refractivity contribution in [1.29, 1.82) is 0 Å². The highest BCUT2D eigenvalue weighted by Gasteiger charge is 2.37. The lowest BCUT2D eigenvalue weighted by molar-refractivity contribution is -0.136. The highest BCUT2D eigenvalue weighted by atomic mass is 32.2. The summed E-state index contributed by atoms with van der Waals surface area (Å²) >= 11 is 0. The Bertz CT molecular complexity index is 888. The van der Waals surface area contributed by atoms with Crippen molar-refractivity contribution in [3.63, 3.8) is 0 Å². The molecule has 1 aromatic carbocycles. The summed E-state index contributed by atoms with van der Waals surface area (Å²) in [5, 5.41) is 11.9. The van der Waals surface area contributed by atoms with Crippen LogP contribution in [0.3, 0.4) is 0 Å². The van der Waals surface area contributed by atoms with Crippen molar-refractivity contribution < 1.29 is 27.1 Å². The van der Waals surface area contributed by atoms with Crippen LogP contribution in [0.2, 0.25) is 0 Å². The summed E-state index contributed by atoms with van der Waals surface area (Å²) < 4.78 is 52.8. The molecular formula is C14H12F2N2O4S. The lowest BCUT2D eigenvalue weighted by Gasteiger charge is -2.05. The summed E-state index contributed by atoms with van der Waals surface area (Å²) in [5.74, 6) is -2.99. The van der Waals surface area contributed by atoms with Gasteiger partial charge in [0.1, 0.15) is 11.6 Å². The lowest BCUT2D eigenvalue weighted by Crippen LogP contribution is -2.17. The summed E-state index contributed by atoms with van der Waals surface area (Å²) in [5.41, 5.74) is -0.349. The molecule has 122 valence electrons. The zero-order chi connectivity index (χ0) is 16.8. The number of nitrogens with zero attached hydrogens (tertiary/aromatic N) is 2. The molecule has 9 heteroatoms. The number of carboxylic acids is 1. The fourth-order valence-corrected chi connectivity index (χ4v) is 3.69. The smallest absolute Gasteiger partial charge is 0.307 e. The third kappa shape index (κ3) is 2.96. The van der Waals surface area contributed by atoms with E-state index in [1.165, 1.54) is 0 Å². The van der Waals surface area contributed by atoms with Gasteiger partial charge in [0.25, 0.3) is 10.0 Å². The van der Waals surface area contributed by atoms with E-state index in [-0.39, 0.29) is 16.7 Å². The zero-order valence-electron chi connectivity index (χ0n) is 11.7. The number of aliphatic carboxylic acids is 1. The molecule has 3 rings (SSSR count). The summed E-state index contributed by atoms with van der Waals surface area (Å²) in [6.07, 6.45) is 2.74. The topological polar surface area (TPSA) is 89.3 Å². The van der Waals surface area contributed by atoms with Crippen LogP contribution in [0.5, 0.6) is 0 Å². The van der Waals surface area contributed by atoms with Crippen LogP contribution in [0.1, 0.15) is 18.4 Å². The number of hydrogen-bond donors (Lipinski definition) is 1. The maximum Gasteiger partial charge on any atom is 0.307 e. The second-order valence-electron chi connectivity index (χ2n) is 5.34. The Morgan fingerprint density at radius 2 is 2.00 bits per heavy atom. The predicted molar refractivity (Wildman–Crippen MR) is 76.3 cm³/mol. The molecule has 23 heavy (non-hydrogen) atoms. The molecule has 0 radical (unpaired) electrons. The second-order valence-corrected chi connectivity index (χ2v) is 7.41. The first-order chi connectivity index (χ1) is 10.8. The number of hydrogen-bond acceptors (Lipinski definition) is 4. The largest absolute Gasteiger partial charge is 0.481 e. The molecule has 0 bridgehead atoms. The van der Waals surface area contributed by atoms with Gasteiger partial charge in [0.05, 0.1) is 24.1 Å². The van der Waals surface area contributed by atoms with Crippen LogP contribution in [-0.2, 0) is 21.2 Å². The Labute approximate surface area is 130 Å². The van der Waals surface area contributed by atoms with E-state index in [9.17, 15) is 22.0 Å². The van der Waals surface area contributed by atoms with E-state index in [2.05, 4.69) is 5.10 Å². The minimum absolute atomic E-state index is 0.104. The second kappa shape index (κ2) is 5.41. The SMILES string of the molecule is O=C(O)Cc1cc(F)c(-c2cnn(S(=O)(=O)C3CC3)c2)cc1F. The number of benzene rings is 1. The highest BCUT2D eigenvalue weighted by Crippen LogP contribution is 2.31.